The van der Waals surface area contributed by atoms with Crippen molar-refractivity contribution in [3.05, 3.63) is 17.5 Å². The molecule has 82 valence electrons. The maximum atomic E-state index is 5.99. The Morgan fingerprint density at radius 1 is 1.40 bits per heavy atom. The summed E-state index contributed by atoms with van der Waals surface area (Å²) in [4.78, 5) is 10.4. The van der Waals surface area contributed by atoms with E-state index in [1.54, 1.807) is 12.4 Å². The summed E-state index contributed by atoms with van der Waals surface area (Å²) in [6.45, 7) is 6.40. The van der Waals surface area contributed by atoms with Gasteiger partial charge in [0.1, 0.15) is 0 Å². The molecule has 1 aliphatic rings. The minimum atomic E-state index is -0.154. The number of hydrogen-bond acceptors (Lipinski definition) is 4. The summed E-state index contributed by atoms with van der Waals surface area (Å²) < 4.78 is 5.62. The summed E-state index contributed by atoms with van der Waals surface area (Å²) >= 11 is 5.99. The Morgan fingerprint density at radius 2 is 2.13 bits per heavy atom. The average Bonchev–Trinajstić information content (AvgIpc) is 2.17. The lowest BCUT2D eigenvalue weighted by atomic mass is 10.1. The van der Waals surface area contributed by atoms with Gasteiger partial charge in [-0.2, -0.15) is 0 Å². The zero-order valence-electron chi connectivity index (χ0n) is 8.90. The summed E-state index contributed by atoms with van der Waals surface area (Å²) in [7, 11) is 0. The SMILES string of the molecule is CC1(C)CN(c2nccnc2Cl)CCO1. The van der Waals surface area contributed by atoms with Crippen LogP contribution in [0.5, 0.6) is 0 Å². The third-order valence-corrected chi connectivity index (χ3v) is 2.63. The van der Waals surface area contributed by atoms with Crippen molar-refractivity contribution >= 4 is 17.4 Å². The predicted octanol–water partition coefficient (Wildman–Crippen LogP) is 1.75. The van der Waals surface area contributed by atoms with Gasteiger partial charge in [-0.1, -0.05) is 11.6 Å². The number of nitrogens with zero attached hydrogens (tertiary/aromatic N) is 3. The highest BCUT2D eigenvalue weighted by molar-refractivity contribution is 6.31. The lowest BCUT2D eigenvalue weighted by Crippen LogP contribution is -2.48. The van der Waals surface area contributed by atoms with Crippen molar-refractivity contribution in [3.63, 3.8) is 0 Å². The third-order valence-electron chi connectivity index (χ3n) is 2.36. The first-order valence-electron chi connectivity index (χ1n) is 4.94. The average molecular weight is 228 g/mol. The molecule has 2 heterocycles. The van der Waals surface area contributed by atoms with Crippen LogP contribution in [0, 0.1) is 0 Å². The predicted molar refractivity (Wildman–Crippen MR) is 59.3 cm³/mol. The lowest BCUT2D eigenvalue weighted by molar-refractivity contribution is -0.0279. The summed E-state index contributed by atoms with van der Waals surface area (Å²) in [5.74, 6) is 0.746. The molecule has 5 heteroatoms. The molecule has 1 saturated heterocycles. The standard InChI is InChI=1S/C10H14ClN3O/c1-10(2)7-14(5-6-15-10)9-8(11)12-3-4-13-9/h3-4H,5-7H2,1-2H3. The van der Waals surface area contributed by atoms with Crippen LogP contribution in [0.4, 0.5) is 5.82 Å². The van der Waals surface area contributed by atoms with Crippen molar-refractivity contribution < 1.29 is 4.74 Å². The van der Waals surface area contributed by atoms with E-state index < -0.39 is 0 Å². The molecule has 1 aromatic rings. The molecule has 0 N–H and O–H groups in total. The normalized spacial score (nSPS) is 20.3. The van der Waals surface area contributed by atoms with Crippen molar-refractivity contribution in [1.29, 1.82) is 0 Å². The maximum absolute atomic E-state index is 5.99. The first-order valence-corrected chi connectivity index (χ1v) is 5.32. The molecule has 0 spiro atoms. The molecule has 0 atom stereocenters. The molecular weight excluding hydrogens is 214 g/mol. The largest absolute Gasteiger partial charge is 0.372 e. The highest BCUT2D eigenvalue weighted by atomic mass is 35.5. The van der Waals surface area contributed by atoms with E-state index in [0.717, 1.165) is 18.9 Å². The van der Waals surface area contributed by atoms with E-state index in [0.29, 0.717) is 11.8 Å². The van der Waals surface area contributed by atoms with Crippen LogP contribution < -0.4 is 4.90 Å². The number of hydrogen-bond donors (Lipinski definition) is 0. The molecule has 0 unspecified atom stereocenters. The molecule has 1 aliphatic heterocycles. The summed E-state index contributed by atoms with van der Waals surface area (Å²) in [6.07, 6.45) is 3.25. The molecule has 1 fully saturated rings. The molecule has 0 amide bonds. The molecule has 0 saturated carbocycles. The van der Waals surface area contributed by atoms with E-state index in [2.05, 4.69) is 28.7 Å². The summed E-state index contributed by atoms with van der Waals surface area (Å²) in [6, 6.07) is 0. The zero-order valence-corrected chi connectivity index (χ0v) is 9.66. The van der Waals surface area contributed by atoms with Gasteiger partial charge in [0.2, 0.25) is 0 Å². The van der Waals surface area contributed by atoms with Crippen LogP contribution in [-0.2, 0) is 4.74 Å². The number of morpholine rings is 1. The topological polar surface area (TPSA) is 38.2 Å². The van der Waals surface area contributed by atoms with Crippen LogP contribution >= 0.6 is 11.6 Å². The van der Waals surface area contributed by atoms with Crippen molar-refractivity contribution in [3.8, 4) is 0 Å². The third kappa shape index (κ3) is 2.38. The van der Waals surface area contributed by atoms with E-state index in [9.17, 15) is 0 Å². The zero-order chi connectivity index (χ0) is 10.9. The van der Waals surface area contributed by atoms with Gasteiger partial charge in [0.15, 0.2) is 11.0 Å². The van der Waals surface area contributed by atoms with Crippen molar-refractivity contribution in [2.45, 2.75) is 19.4 Å². The molecule has 1 aromatic heterocycles. The molecule has 2 rings (SSSR count). The fourth-order valence-corrected chi connectivity index (χ4v) is 1.95. The molecular formula is C10H14ClN3O. The van der Waals surface area contributed by atoms with E-state index in [1.165, 1.54) is 0 Å². The van der Waals surface area contributed by atoms with E-state index in [1.807, 2.05) is 0 Å². The molecule has 0 aliphatic carbocycles. The van der Waals surface area contributed by atoms with Gasteiger partial charge in [0.25, 0.3) is 0 Å². The van der Waals surface area contributed by atoms with Crippen LogP contribution in [0.2, 0.25) is 5.15 Å². The fourth-order valence-electron chi connectivity index (χ4n) is 1.72. The Labute approximate surface area is 94.2 Å². The second kappa shape index (κ2) is 3.94. The highest BCUT2D eigenvalue weighted by Gasteiger charge is 2.28. The van der Waals surface area contributed by atoms with E-state index >= 15 is 0 Å². The summed E-state index contributed by atoms with van der Waals surface area (Å²) in [5, 5.41) is 0.454. The van der Waals surface area contributed by atoms with Crippen molar-refractivity contribution in [2.24, 2.45) is 0 Å². The van der Waals surface area contributed by atoms with Crippen LogP contribution in [-0.4, -0.2) is 35.3 Å². The van der Waals surface area contributed by atoms with Gasteiger partial charge in [-0.3, -0.25) is 0 Å². The Balaban J connectivity index is 2.21. The number of rotatable bonds is 1. The molecule has 15 heavy (non-hydrogen) atoms. The van der Waals surface area contributed by atoms with Crippen LogP contribution in [0.15, 0.2) is 12.4 Å². The van der Waals surface area contributed by atoms with E-state index in [4.69, 9.17) is 16.3 Å². The molecule has 0 radical (unpaired) electrons. The second-order valence-corrected chi connectivity index (χ2v) is 4.56. The first kappa shape index (κ1) is 10.6. The molecule has 4 nitrogen and oxygen atoms in total. The number of aromatic nitrogens is 2. The van der Waals surface area contributed by atoms with Gasteiger partial charge in [-0.05, 0) is 13.8 Å². The fraction of sp³-hybridized carbons (Fsp3) is 0.600. The Bertz CT molecular complexity index is 356. The number of halogens is 1. The maximum Gasteiger partial charge on any atom is 0.171 e. The van der Waals surface area contributed by atoms with E-state index in [-0.39, 0.29) is 5.60 Å². The van der Waals surface area contributed by atoms with Crippen molar-refractivity contribution in [1.82, 2.24) is 9.97 Å². The minimum absolute atomic E-state index is 0.154. The summed E-state index contributed by atoms with van der Waals surface area (Å²) in [5.41, 5.74) is -0.154. The Morgan fingerprint density at radius 3 is 2.80 bits per heavy atom. The van der Waals surface area contributed by atoms with Gasteiger partial charge in [0, 0.05) is 25.5 Å². The Kier molecular flexibility index (Phi) is 2.80. The quantitative estimate of drug-likeness (QED) is 0.733. The highest BCUT2D eigenvalue weighted by Crippen LogP contribution is 2.25. The Hall–Kier alpha value is -0.870. The van der Waals surface area contributed by atoms with Gasteiger partial charge in [-0.15, -0.1) is 0 Å². The van der Waals surface area contributed by atoms with Crippen molar-refractivity contribution in [2.75, 3.05) is 24.6 Å². The monoisotopic (exact) mass is 227 g/mol. The smallest absolute Gasteiger partial charge is 0.171 e. The number of anilines is 1. The lowest BCUT2D eigenvalue weighted by Gasteiger charge is -2.38. The van der Waals surface area contributed by atoms with Gasteiger partial charge >= 0.3 is 0 Å². The van der Waals surface area contributed by atoms with Gasteiger partial charge in [0.05, 0.1) is 12.2 Å². The first-order chi connectivity index (χ1) is 7.08. The second-order valence-electron chi connectivity index (χ2n) is 4.20. The van der Waals surface area contributed by atoms with Gasteiger partial charge in [-0.25, -0.2) is 9.97 Å². The van der Waals surface area contributed by atoms with Crippen LogP contribution in [0.3, 0.4) is 0 Å². The molecule has 0 aromatic carbocycles. The minimum Gasteiger partial charge on any atom is -0.372 e. The molecule has 0 bridgehead atoms. The van der Waals surface area contributed by atoms with Crippen LogP contribution in [0.25, 0.3) is 0 Å². The number of ether oxygens (including phenoxy) is 1. The van der Waals surface area contributed by atoms with Gasteiger partial charge < -0.3 is 9.64 Å². The van der Waals surface area contributed by atoms with Crippen LogP contribution in [0.1, 0.15) is 13.8 Å².